The van der Waals surface area contributed by atoms with Gasteiger partial charge in [-0.3, -0.25) is 14.4 Å². The van der Waals surface area contributed by atoms with Gasteiger partial charge in [-0.15, -0.1) is 11.8 Å². The molecular formula is C32H26Cl2N2O4S. The smallest absolute Gasteiger partial charge is 0.272 e. The number of carbonyl (C=O) groups is 3. The minimum atomic E-state index is -0.506. The van der Waals surface area contributed by atoms with E-state index >= 15 is 0 Å². The van der Waals surface area contributed by atoms with Crippen LogP contribution >= 0.6 is 35.0 Å². The molecule has 0 saturated carbocycles. The molecule has 0 aliphatic carbocycles. The van der Waals surface area contributed by atoms with Gasteiger partial charge in [0.15, 0.2) is 5.78 Å². The SMILES string of the molecule is CCOc1ccccc1/C=C(\NC(=O)c1ccccc1)C(=O)Nc1ccc(SCC(=O)c2ccc(Cl)cc2Cl)cc1. The summed E-state index contributed by atoms with van der Waals surface area (Å²) >= 11 is 13.4. The van der Waals surface area contributed by atoms with Crippen molar-refractivity contribution in [3.05, 3.63) is 129 Å². The van der Waals surface area contributed by atoms with Gasteiger partial charge in [-0.1, -0.05) is 59.6 Å². The number of Topliss-reactive ketones (excluding diaryl/α,β-unsaturated/α-hetero) is 1. The highest BCUT2D eigenvalue weighted by molar-refractivity contribution is 8.00. The number of amides is 2. The van der Waals surface area contributed by atoms with Crippen molar-refractivity contribution in [1.82, 2.24) is 5.32 Å². The van der Waals surface area contributed by atoms with Gasteiger partial charge in [0, 0.05) is 32.3 Å². The third-order valence-corrected chi connectivity index (χ3v) is 7.32. The van der Waals surface area contributed by atoms with Gasteiger partial charge < -0.3 is 15.4 Å². The number of nitrogens with one attached hydrogen (secondary N) is 2. The number of halogens is 2. The van der Waals surface area contributed by atoms with Crippen LogP contribution in [0, 0.1) is 0 Å². The second-order valence-corrected chi connectivity index (χ2v) is 10.6. The Morgan fingerprint density at radius 3 is 2.29 bits per heavy atom. The van der Waals surface area contributed by atoms with E-state index in [1.54, 1.807) is 84.9 Å². The lowest BCUT2D eigenvalue weighted by Gasteiger charge is -2.13. The van der Waals surface area contributed by atoms with Crippen molar-refractivity contribution in [2.24, 2.45) is 0 Å². The van der Waals surface area contributed by atoms with E-state index in [1.165, 1.54) is 11.8 Å². The quantitative estimate of drug-likeness (QED) is 0.104. The van der Waals surface area contributed by atoms with E-state index in [9.17, 15) is 14.4 Å². The first kappa shape index (κ1) is 29.9. The van der Waals surface area contributed by atoms with Gasteiger partial charge in [0.25, 0.3) is 11.8 Å². The molecule has 0 aliphatic heterocycles. The van der Waals surface area contributed by atoms with E-state index in [2.05, 4.69) is 10.6 Å². The van der Waals surface area contributed by atoms with Crippen molar-refractivity contribution < 1.29 is 19.1 Å². The van der Waals surface area contributed by atoms with Crippen LogP contribution in [-0.4, -0.2) is 30.0 Å². The van der Waals surface area contributed by atoms with Crippen LogP contribution in [0.1, 0.15) is 33.2 Å². The molecule has 41 heavy (non-hydrogen) atoms. The van der Waals surface area contributed by atoms with E-state index in [0.29, 0.717) is 44.8 Å². The zero-order valence-corrected chi connectivity index (χ0v) is 24.4. The van der Waals surface area contributed by atoms with Gasteiger partial charge in [-0.2, -0.15) is 0 Å². The Morgan fingerprint density at radius 1 is 0.878 bits per heavy atom. The zero-order valence-electron chi connectivity index (χ0n) is 22.0. The number of ether oxygens (including phenoxy) is 1. The summed E-state index contributed by atoms with van der Waals surface area (Å²) in [5.41, 5.74) is 2.04. The van der Waals surface area contributed by atoms with Gasteiger partial charge in [0.1, 0.15) is 11.4 Å². The first-order valence-corrected chi connectivity index (χ1v) is 14.4. The number of anilines is 1. The van der Waals surface area contributed by atoms with Crippen LogP contribution < -0.4 is 15.4 Å². The van der Waals surface area contributed by atoms with Crippen LogP contribution in [0.5, 0.6) is 5.75 Å². The summed E-state index contributed by atoms with van der Waals surface area (Å²) in [7, 11) is 0. The van der Waals surface area contributed by atoms with Crippen molar-refractivity contribution in [2.45, 2.75) is 11.8 Å². The van der Waals surface area contributed by atoms with Crippen LogP contribution in [0.25, 0.3) is 6.08 Å². The van der Waals surface area contributed by atoms with Gasteiger partial charge >= 0.3 is 0 Å². The minimum Gasteiger partial charge on any atom is -0.493 e. The largest absolute Gasteiger partial charge is 0.493 e. The van der Waals surface area contributed by atoms with E-state index < -0.39 is 11.8 Å². The van der Waals surface area contributed by atoms with Crippen molar-refractivity contribution >= 4 is 64.3 Å². The monoisotopic (exact) mass is 604 g/mol. The number of ketones is 1. The lowest BCUT2D eigenvalue weighted by molar-refractivity contribution is -0.113. The minimum absolute atomic E-state index is 0.0508. The number of benzene rings is 4. The maximum atomic E-state index is 13.4. The van der Waals surface area contributed by atoms with Crippen molar-refractivity contribution in [2.75, 3.05) is 17.7 Å². The molecule has 9 heteroatoms. The van der Waals surface area contributed by atoms with Crippen molar-refractivity contribution in [3.8, 4) is 5.75 Å². The van der Waals surface area contributed by atoms with Gasteiger partial charge in [-0.25, -0.2) is 0 Å². The number of carbonyl (C=O) groups excluding carboxylic acids is 3. The normalized spacial score (nSPS) is 11.0. The maximum Gasteiger partial charge on any atom is 0.272 e. The number of hydrogen-bond acceptors (Lipinski definition) is 5. The molecule has 0 spiro atoms. The molecule has 0 heterocycles. The summed E-state index contributed by atoms with van der Waals surface area (Å²) in [4.78, 5) is 39.7. The number of para-hydroxylation sites is 1. The van der Waals surface area contributed by atoms with Crippen LogP contribution in [0.15, 0.2) is 108 Å². The highest BCUT2D eigenvalue weighted by Crippen LogP contribution is 2.26. The Bertz CT molecular complexity index is 1570. The number of rotatable bonds is 11. The number of hydrogen-bond donors (Lipinski definition) is 2. The molecule has 0 aliphatic rings. The fourth-order valence-corrected chi connectivity index (χ4v) is 5.06. The molecule has 6 nitrogen and oxygen atoms in total. The van der Waals surface area contributed by atoms with Gasteiger partial charge in [-0.05, 0) is 73.7 Å². The lowest BCUT2D eigenvalue weighted by Crippen LogP contribution is -2.30. The zero-order chi connectivity index (χ0) is 29.2. The summed E-state index contributed by atoms with van der Waals surface area (Å²) in [5.74, 6) is -0.271. The first-order chi connectivity index (χ1) is 19.8. The molecule has 0 fully saturated rings. The average molecular weight is 606 g/mol. The molecule has 4 aromatic rings. The molecule has 0 bridgehead atoms. The van der Waals surface area contributed by atoms with Crippen molar-refractivity contribution in [1.29, 1.82) is 0 Å². The van der Waals surface area contributed by atoms with Crippen LogP contribution in [0.2, 0.25) is 10.0 Å². The lowest BCUT2D eigenvalue weighted by atomic mass is 10.1. The van der Waals surface area contributed by atoms with E-state index in [0.717, 1.165) is 4.90 Å². The third-order valence-electron chi connectivity index (χ3n) is 5.76. The molecule has 0 radical (unpaired) electrons. The fourth-order valence-electron chi connectivity index (χ4n) is 3.76. The highest BCUT2D eigenvalue weighted by atomic mass is 35.5. The molecule has 0 aromatic heterocycles. The Hall–Kier alpha value is -4.04. The molecule has 0 unspecified atom stereocenters. The fraction of sp³-hybridized carbons (Fsp3) is 0.0938. The molecule has 208 valence electrons. The molecule has 4 aromatic carbocycles. The van der Waals surface area contributed by atoms with Crippen LogP contribution in [0.4, 0.5) is 5.69 Å². The Kier molecular flexibility index (Phi) is 10.6. The standard InChI is InChI=1S/C32H26Cl2N2O4S/c1-2-40-30-11-7-6-10-22(30)18-28(36-31(38)21-8-4-3-5-9-21)32(39)35-24-13-15-25(16-14-24)41-20-29(37)26-17-12-23(33)19-27(26)34/h3-19H,2,20H2,1H3,(H,35,39)(H,36,38)/b28-18-. The summed E-state index contributed by atoms with van der Waals surface area (Å²) in [5, 5.41) is 6.34. The summed E-state index contributed by atoms with van der Waals surface area (Å²) < 4.78 is 5.69. The topological polar surface area (TPSA) is 84.5 Å². The number of thioether (sulfide) groups is 1. The second-order valence-electron chi connectivity index (χ2n) is 8.66. The maximum absolute atomic E-state index is 13.4. The van der Waals surface area contributed by atoms with Gasteiger partial charge in [0.2, 0.25) is 0 Å². The molecular weight excluding hydrogens is 579 g/mol. The molecule has 0 atom stereocenters. The third kappa shape index (κ3) is 8.47. The first-order valence-electron chi connectivity index (χ1n) is 12.7. The predicted octanol–water partition coefficient (Wildman–Crippen LogP) is 7.78. The second kappa shape index (κ2) is 14.6. The van der Waals surface area contributed by atoms with Gasteiger partial charge in [0.05, 0.1) is 17.4 Å². The highest BCUT2D eigenvalue weighted by Gasteiger charge is 2.17. The van der Waals surface area contributed by atoms with E-state index in [1.807, 2.05) is 25.1 Å². The van der Waals surface area contributed by atoms with E-state index in [-0.39, 0.29) is 17.2 Å². The summed E-state index contributed by atoms with van der Waals surface area (Å²) in [6, 6.07) is 27.7. The average Bonchev–Trinajstić information content (AvgIpc) is 2.97. The van der Waals surface area contributed by atoms with Crippen molar-refractivity contribution in [3.63, 3.8) is 0 Å². The molecule has 0 saturated heterocycles. The Labute approximate surface area is 252 Å². The predicted molar refractivity (Wildman–Crippen MR) is 166 cm³/mol. The summed E-state index contributed by atoms with van der Waals surface area (Å²) in [6.45, 7) is 2.32. The van der Waals surface area contributed by atoms with E-state index in [4.69, 9.17) is 27.9 Å². The molecule has 4 rings (SSSR count). The Morgan fingerprint density at radius 2 is 1.59 bits per heavy atom. The summed E-state index contributed by atoms with van der Waals surface area (Å²) in [6.07, 6.45) is 1.58. The Balaban J connectivity index is 1.48. The van der Waals surface area contributed by atoms with Crippen LogP contribution in [0.3, 0.4) is 0 Å². The molecule has 2 N–H and O–H groups in total. The molecule has 2 amide bonds. The van der Waals surface area contributed by atoms with Crippen LogP contribution in [-0.2, 0) is 4.79 Å².